The minimum atomic E-state index is -0.122. The molecule has 0 unspecified atom stereocenters. The van der Waals surface area contributed by atoms with Crippen LogP contribution in [-0.2, 0) is 10.5 Å². The number of hydrogen-bond donors (Lipinski definition) is 2. The predicted octanol–water partition coefficient (Wildman–Crippen LogP) is 3.79. The van der Waals surface area contributed by atoms with E-state index in [0.29, 0.717) is 5.92 Å². The fraction of sp³-hybridized carbons (Fsp3) is 0.588. The molecule has 5 heteroatoms. The van der Waals surface area contributed by atoms with Crippen LogP contribution in [0.3, 0.4) is 0 Å². The molecule has 22 heavy (non-hydrogen) atoms. The lowest BCUT2D eigenvalue weighted by Gasteiger charge is -2.28. The Kier molecular flexibility index (Phi) is 6.58. The largest absolute Gasteiger partial charge is 0.381 e. The molecule has 2 rings (SSSR count). The number of benzene rings is 1. The maximum absolute atomic E-state index is 12.2. The highest BCUT2D eigenvalue weighted by Crippen LogP contribution is 2.22. The molecule has 0 saturated carbocycles. The molecule has 1 aromatic rings. The number of urea groups is 1. The van der Waals surface area contributed by atoms with Crippen molar-refractivity contribution in [2.24, 2.45) is 5.92 Å². The Morgan fingerprint density at radius 2 is 2.14 bits per heavy atom. The first-order valence-corrected chi connectivity index (χ1v) is 9.24. The summed E-state index contributed by atoms with van der Waals surface area (Å²) in [6.45, 7) is 5.73. The normalized spacial score (nSPS) is 17.0. The summed E-state index contributed by atoms with van der Waals surface area (Å²) in [7, 11) is 0. The van der Waals surface area contributed by atoms with Crippen LogP contribution in [0.4, 0.5) is 10.5 Å². The zero-order valence-corrected chi connectivity index (χ0v) is 14.5. The third-order valence-corrected chi connectivity index (χ3v) is 4.93. The van der Waals surface area contributed by atoms with E-state index in [4.69, 9.17) is 4.74 Å². The van der Waals surface area contributed by atoms with Crippen molar-refractivity contribution in [2.75, 3.05) is 24.8 Å². The van der Waals surface area contributed by atoms with Crippen LogP contribution in [0.5, 0.6) is 0 Å². The van der Waals surface area contributed by atoms with E-state index < -0.39 is 0 Å². The average molecular weight is 322 g/mol. The molecule has 1 aliphatic rings. The number of hydrogen-bond acceptors (Lipinski definition) is 3. The van der Waals surface area contributed by atoms with Gasteiger partial charge in [-0.15, -0.1) is 0 Å². The number of anilines is 1. The lowest BCUT2D eigenvalue weighted by Crippen LogP contribution is -2.42. The van der Waals surface area contributed by atoms with Crippen molar-refractivity contribution < 1.29 is 9.53 Å². The number of nitrogens with one attached hydrogen (secondary N) is 2. The average Bonchev–Trinajstić information content (AvgIpc) is 2.52. The Labute approximate surface area is 137 Å². The molecule has 0 radical (unpaired) electrons. The van der Waals surface area contributed by atoms with Crippen LogP contribution in [0.25, 0.3) is 0 Å². The van der Waals surface area contributed by atoms with Crippen molar-refractivity contribution in [3.63, 3.8) is 0 Å². The van der Waals surface area contributed by atoms with Crippen LogP contribution in [-0.4, -0.2) is 31.5 Å². The van der Waals surface area contributed by atoms with E-state index in [-0.39, 0.29) is 12.1 Å². The lowest BCUT2D eigenvalue weighted by molar-refractivity contribution is 0.0573. The summed E-state index contributed by atoms with van der Waals surface area (Å²) in [4.78, 5) is 12.2. The van der Waals surface area contributed by atoms with Crippen LogP contribution in [0, 0.1) is 12.8 Å². The van der Waals surface area contributed by atoms with Gasteiger partial charge in [0, 0.05) is 30.7 Å². The first-order valence-electron chi connectivity index (χ1n) is 7.84. The van der Waals surface area contributed by atoms with Crippen molar-refractivity contribution in [1.82, 2.24) is 5.32 Å². The first-order chi connectivity index (χ1) is 10.6. The summed E-state index contributed by atoms with van der Waals surface area (Å²) in [5.74, 6) is 1.46. The summed E-state index contributed by atoms with van der Waals surface area (Å²) in [6, 6.07) is 6.11. The standard InChI is InChI=1S/C17H26N2O2S/c1-12-15(11-22-3)5-4-6-16(12)19-17(20)18-13(2)14-7-9-21-10-8-14/h4-6,13-14H,7-11H2,1-3H3,(H2,18,19,20)/t13-/m0/s1. The molecule has 1 heterocycles. The van der Waals surface area contributed by atoms with Gasteiger partial charge in [0.1, 0.15) is 0 Å². The highest BCUT2D eigenvalue weighted by atomic mass is 32.2. The fourth-order valence-electron chi connectivity index (χ4n) is 2.83. The van der Waals surface area contributed by atoms with Gasteiger partial charge in [-0.1, -0.05) is 12.1 Å². The smallest absolute Gasteiger partial charge is 0.319 e. The first kappa shape index (κ1) is 17.2. The van der Waals surface area contributed by atoms with Gasteiger partial charge in [-0.3, -0.25) is 0 Å². The van der Waals surface area contributed by atoms with Crippen LogP contribution in [0.1, 0.15) is 30.9 Å². The maximum Gasteiger partial charge on any atom is 0.319 e. The van der Waals surface area contributed by atoms with E-state index in [1.807, 2.05) is 12.1 Å². The molecular weight excluding hydrogens is 296 g/mol. The Bertz CT molecular complexity index is 501. The monoisotopic (exact) mass is 322 g/mol. The highest BCUT2D eigenvalue weighted by molar-refractivity contribution is 7.97. The summed E-state index contributed by atoms with van der Waals surface area (Å²) in [6.07, 6.45) is 4.12. The molecule has 1 saturated heterocycles. The molecule has 0 bridgehead atoms. The number of rotatable bonds is 5. The second kappa shape index (κ2) is 8.44. The highest BCUT2D eigenvalue weighted by Gasteiger charge is 2.22. The quantitative estimate of drug-likeness (QED) is 0.867. The van der Waals surface area contributed by atoms with Crippen molar-refractivity contribution in [3.8, 4) is 0 Å². The molecule has 1 aromatic carbocycles. The van der Waals surface area contributed by atoms with Gasteiger partial charge in [0.05, 0.1) is 0 Å². The van der Waals surface area contributed by atoms with Crippen LogP contribution >= 0.6 is 11.8 Å². The number of thioether (sulfide) groups is 1. The third-order valence-electron chi connectivity index (χ3n) is 4.33. The molecule has 0 aromatic heterocycles. The van der Waals surface area contributed by atoms with E-state index in [2.05, 4.69) is 36.8 Å². The minimum Gasteiger partial charge on any atom is -0.381 e. The van der Waals surface area contributed by atoms with Gasteiger partial charge in [-0.05, 0) is 56.1 Å². The summed E-state index contributed by atoms with van der Waals surface area (Å²) >= 11 is 1.79. The van der Waals surface area contributed by atoms with Gasteiger partial charge in [0.2, 0.25) is 0 Å². The number of amides is 2. The molecule has 2 amide bonds. The van der Waals surface area contributed by atoms with E-state index in [1.54, 1.807) is 11.8 Å². The van der Waals surface area contributed by atoms with E-state index in [0.717, 1.165) is 43.1 Å². The molecule has 1 atom stereocenters. The Morgan fingerprint density at radius 3 is 2.82 bits per heavy atom. The second-order valence-electron chi connectivity index (χ2n) is 5.86. The second-order valence-corrected chi connectivity index (χ2v) is 6.73. The molecule has 2 N–H and O–H groups in total. The molecule has 1 fully saturated rings. The van der Waals surface area contributed by atoms with Gasteiger partial charge in [-0.2, -0.15) is 11.8 Å². The molecule has 0 aliphatic carbocycles. The fourth-order valence-corrected chi connectivity index (χ4v) is 3.45. The van der Waals surface area contributed by atoms with E-state index in [9.17, 15) is 4.79 Å². The van der Waals surface area contributed by atoms with Crippen molar-refractivity contribution >= 4 is 23.5 Å². The molecule has 0 spiro atoms. The number of carbonyl (C=O) groups excluding carboxylic acids is 1. The number of ether oxygens (including phenoxy) is 1. The van der Waals surface area contributed by atoms with Crippen molar-refractivity contribution in [2.45, 2.75) is 38.5 Å². The van der Waals surface area contributed by atoms with Gasteiger partial charge < -0.3 is 15.4 Å². The van der Waals surface area contributed by atoms with E-state index in [1.165, 1.54) is 5.56 Å². The summed E-state index contributed by atoms with van der Waals surface area (Å²) in [5.41, 5.74) is 3.30. The summed E-state index contributed by atoms with van der Waals surface area (Å²) in [5, 5.41) is 6.05. The van der Waals surface area contributed by atoms with Crippen molar-refractivity contribution in [3.05, 3.63) is 29.3 Å². The Hall–Kier alpha value is -1.20. The molecule has 122 valence electrons. The Balaban J connectivity index is 1.92. The van der Waals surface area contributed by atoms with Crippen LogP contribution < -0.4 is 10.6 Å². The lowest BCUT2D eigenvalue weighted by atomic mass is 9.93. The maximum atomic E-state index is 12.2. The predicted molar refractivity (Wildman–Crippen MR) is 93.6 cm³/mol. The number of carbonyl (C=O) groups is 1. The van der Waals surface area contributed by atoms with Gasteiger partial charge in [0.15, 0.2) is 0 Å². The van der Waals surface area contributed by atoms with Crippen LogP contribution in [0.2, 0.25) is 0 Å². The topological polar surface area (TPSA) is 50.4 Å². The van der Waals surface area contributed by atoms with Crippen molar-refractivity contribution in [1.29, 1.82) is 0 Å². The Morgan fingerprint density at radius 1 is 1.41 bits per heavy atom. The SMILES string of the molecule is CSCc1cccc(NC(=O)N[C@@H](C)C2CCOCC2)c1C. The zero-order chi connectivity index (χ0) is 15.9. The minimum absolute atomic E-state index is 0.122. The van der Waals surface area contributed by atoms with E-state index >= 15 is 0 Å². The van der Waals surface area contributed by atoms with Gasteiger partial charge in [0.25, 0.3) is 0 Å². The third kappa shape index (κ3) is 4.65. The molecule has 1 aliphatic heterocycles. The zero-order valence-electron chi connectivity index (χ0n) is 13.6. The van der Waals surface area contributed by atoms with Gasteiger partial charge in [-0.25, -0.2) is 4.79 Å². The van der Waals surface area contributed by atoms with Crippen LogP contribution in [0.15, 0.2) is 18.2 Å². The van der Waals surface area contributed by atoms with Gasteiger partial charge >= 0.3 is 6.03 Å². The summed E-state index contributed by atoms with van der Waals surface area (Å²) < 4.78 is 5.37. The molecule has 4 nitrogen and oxygen atoms in total. The molecular formula is C17H26N2O2S.